The quantitative estimate of drug-likeness (QED) is 0.482. The first-order chi connectivity index (χ1) is 16.3. The topological polar surface area (TPSA) is 114 Å². The molecule has 0 aromatic carbocycles. The molecule has 0 radical (unpaired) electrons. The molecule has 2 aliphatic heterocycles. The third-order valence-electron chi connectivity index (χ3n) is 8.13. The van der Waals surface area contributed by atoms with Crippen molar-refractivity contribution in [1.82, 2.24) is 9.55 Å². The van der Waals surface area contributed by atoms with Gasteiger partial charge in [0.15, 0.2) is 0 Å². The van der Waals surface area contributed by atoms with Gasteiger partial charge in [0.05, 0.1) is 35.7 Å². The maximum absolute atomic E-state index is 13.2. The number of cyclic esters (lactones) is 1. The Morgan fingerprint density at radius 3 is 2.54 bits per heavy atom. The Morgan fingerprint density at radius 2 is 1.91 bits per heavy atom. The van der Waals surface area contributed by atoms with Gasteiger partial charge in [-0.3, -0.25) is 9.59 Å². The first-order valence-corrected chi connectivity index (χ1v) is 12.7. The molecule has 3 rings (SSSR count). The number of hydrogen-bond acceptors (Lipinski definition) is 7. The summed E-state index contributed by atoms with van der Waals surface area (Å²) in [5.74, 6) is -0.819. The molecule has 3 heterocycles. The second kappa shape index (κ2) is 10.5. The highest BCUT2D eigenvalue weighted by Crippen LogP contribution is 2.45. The molecule has 1 aromatic rings. The van der Waals surface area contributed by atoms with E-state index in [1.807, 2.05) is 37.7 Å². The maximum atomic E-state index is 13.2. The highest BCUT2D eigenvalue weighted by atomic mass is 16.6. The van der Waals surface area contributed by atoms with Crippen LogP contribution in [0.4, 0.5) is 0 Å². The van der Waals surface area contributed by atoms with Crippen molar-refractivity contribution >= 4 is 17.8 Å². The highest BCUT2D eigenvalue weighted by molar-refractivity contribution is 5.88. The summed E-state index contributed by atoms with van der Waals surface area (Å²) in [5.41, 5.74) is -0.678. The minimum absolute atomic E-state index is 0.0555. The zero-order chi connectivity index (χ0) is 26.1. The third kappa shape index (κ3) is 6.22. The molecule has 2 fully saturated rings. The molecule has 196 valence electrons. The van der Waals surface area contributed by atoms with E-state index in [1.165, 1.54) is 0 Å². The van der Waals surface area contributed by atoms with Crippen LogP contribution < -0.4 is 0 Å². The van der Waals surface area contributed by atoms with Crippen LogP contribution in [0.3, 0.4) is 0 Å². The number of aromatic nitrogens is 2. The van der Waals surface area contributed by atoms with E-state index in [0.717, 1.165) is 30.7 Å². The molecule has 2 aliphatic rings. The van der Waals surface area contributed by atoms with Gasteiger partial charge >= 0.3 is 5.97 Å². The van der Waals surface area contributed by atoms with E-state index >= 15 is 0 Å². The fourth-order valence-electron chi connectivity index (χ4n) is 5.11. The largest absolute Gasteiger partial charge is 0.458 e. The fraction of sp³-hybridized carbons (Fsp3) is 0.741. The second-order valence-electron chi connectivity index (χ2n) is 11.4. The van der Waals surface area contributed by atoms with Crippen molar-refractivity contribution in [3.63, 3.8) is 0 Å². The van der Waals surface area contributed by atoms with Crippen LogP contribution in [-0.2, 0) is 26.1 Å². The van der Waals surface area contributed by atoms with E-state index in [-0.39, 0.29) is 29.8 Å². The number of ketones is 1. The van der Waals surface area contributed by atoms with Gasteiger partial charge in [-0.2, -0.15) is 0 Å². The molecular formula is C27H42N2O6. The molecule has 2 saturated heterocycles. The molecule has 8 nitrogen and oxygen atoms in total. The molecule has 8 heteroatoms. The average Bonchev–Trinajstić information content (AvgIpc) is 3.24. The number of hydrogen-bond donors (Lipinski definition) is 2. The summed E-state index contributed by atoms with van der Waals surface area (Å²) in [4.78, 5) is 30.5. The van der Waals surface area contributed by atoms with Crippen molar-refractivity contribution in [3.05, 3.63) is 23.8 Å². The van der Waals surface area contributed by atoms with E-state index in [1.54, 1.807) is 27.0 Å². The number of esters is 1. The molecule has 0 saturated carbocycles. The summed E-state index contributed by atoms with van der Waals surface area (Å²) in [6, 6.07) is 0. The van der Waals surface area contributed by atoms with Crippen LogP contribution in [-0.4, -0.2) is 61.5 Å². The van der Waals surface area contributed by atoms with E-state index in [9.17, 15) is 19.8 Å². The van der Waals surface area contributed by atoms with E-state index in [0.29, 0.717) is 6.42 Å². The van der Waals surface area contributed by atoms with Crippen LogP contribution in [0, 0.1) is 17.3 Å². The molecule has 0 amide bonds. The normalized spacial score (nSPS) is 37.5. The predicted molar refractivity (Wildman–Crippen MR) is 132 cm³/mol. The maximum Gasteiger partial charge on any atom is 0.309 e. The summed E-state index contributed by atoms with van der Waals surface area (Å²) in [7, 11) is 1.90. The Balaban J connectivity index is 1.86. The Hall–Kier alpha value is -2.03. The van der Waals surface area contributed by atoms with Crippen LogP contribution in [0.15, 0.2) is 18.0 Å². The molecule has 0 aliphatic carbocycles. The Kier molecular flexibility index (Phi) is 8.29. The number of fused-ring (bicyclic) bond motifs is 1. The number of carbonyl (C=O) groups excluding carboxylic acids is 2. The van der Waals surface area contributed by atoms with E-state index in [4.69, 9.17) is 9.47 Å². The van der Waals surface area contributed by atoms with Gasteiger partial charge in [-0.15, -0.1) is 0 Å². The number of aliphatic hydroxyl groups excluding tert-OH is 2. The summed E-state index contributed by atoms with van der Waals surface area (Å²) in [6.07, 6.45) is 5.44. The zero-order valence-electron chi connectivity index (χ0n) is 22.2. The lowest BCUT2D eigenvalue weighted by atomic mass is 9.73. The number of nitrogens with zero attached hydrogens (tertiary/aromatic N) is 2. The molecule has 2 N–H and O–H groups in total. The number of ether oxygens (including phenoxy) is 2. The van der Waals surface area contributed by atoms with Gasteiger partial charge in [0.1, 0.15) is 17.7 Å². The number of imidazole rings is 1. The molecule has 7 atom stereocenters. The van der Waals surface area contributed by atoms with Gasteiger partial charge in [0.25, 0.3) is 0 Å². The van der Waals surface area contributed by atoms with Crippen molar-refractivity contribution in [1.29, 1.82) is 0 Å². The number of aryl methyl sites for hydroxylation is 1. The van der Waals surface area contributed by atoms with Crippen molar-refractivity contribution < 1.29 is 29.3 Å². The summed E-state index contributed by atoms with van der Waals surface area (Å²) in [5, 5.41) is 21.7. The van der Waals surface area contributed by atoms with Crippen molar-refractivity contribution in [2.75, 3.05) is 0 Å². The Bertz CT molecular complexity index is 953. The minimum atomic E-state index is -1.23. The lowest BCUT2D eigenvalue weighted by Gasteiger charge is -2.34. The SMILES string of the molecule is CC(=Cc1nccn1C)[C@@H]1C[C@@H]2O[C@]2(C)CCC[C@H](C)[C@H](O)[C@@H](C)C(=O)C(C)(C)[C@@H](O)CC(=O)O1. The predicted octanol–water partition coefficient (Wildman–Crippen LogP) is 3.45. The first kappa shape index (κ1) is 27.6. The van der Waals surface area contributed by atoms with Crippen LogP contribution in [0.25, 0.3) is 6.08 Å². The second-order valence-corrected chi connectivity index (χ2v) is 11.4. The van der Waals surface area contributed by atoms with E-state index < -0.39 is 35.6 Å². The van der Waals surface area contributed by atoms with Crippen LogP contribution in [0.1, 0.15) is 79.5 Å². The number of rotatable bonds is 2. The van der Waals surface area contributed by atoms with Gasteiger partial charge in [-0.05, 0) is 44.3 Å². The lowest BCUT2D eigenvalue weighted by Crippen LogP contribution is -2.45. The number of carbonyl (C=O) groups is 2. The molecule has 35 heavy (non-hydrogen) atoms. The van der Waals surface area contributed by atoms with Gasteiger partial charge in [0, 0.05) is 31.8 Å². The number of aliphatic hydroxyl groups is 2. The fourth-order valence-corrected chi connectivity index (χ4v) is 5.11. The van der Waals surface area contributed by atoms with Gasteiger partial charge in [-0.25, -0.2) is 4.98 Å². The monoisotopic (exact) mass is 490 g/mol. The number of Topliss-reactive ketones (excluding diaryl/α,β-unsaturated/α-hetero) is 1. The minimum Gasteiger partial charge on any atom is -0.458 e. The molecule has 0 spiro atoms. The molecular weight excluding hydrogens is 448 g/mol. The Labute approximate surface area is 208 Å². The highest BCUT2D eigenvalue weighted by Gasteiger charge is 2.53. The molecule has 0 bridgehead atoms. The average molecular weight is 491 g/mol. The summed E-state index contributed by atoms with van der Waals surface area (Å²) >= 11 is 0. The van der Waals surface area contributed by atoms with Crippen LogP contribution >= 0.6 is 0 Å². The lowest BCUT2D eigenvalue weighted by molar-refractivity contribution is -0.154. The van der Waals surface area contributed by atoms with Crippen LogP contribution in [0.2, 0.25) is 0 Å². The standard InChI is InChI=1S/C27H42N2O6/c1-16-9-8-10-27(6)21(35-27)14-19(17(2)13-22-28-11-12-29(22)7)34-23(31)15-20(30)26(4,5)25(33)18(3)24(16)32/h11-13,16,18-21,24,30,32H,8-10,14-15H2,1-7H3/t16-,18+,19-,20-,21-,24-,27+/m0/s1. The summed E-state index contributed by atoms with van der Waals surface area (Å²) < 4.78 is 13.8. The van der Waals surface area contributed by atoms with Gasteiger partial charge < -0.3 is 24.3 Å². The number of epoxide rings is 1. The summed E-state index contributed by atoms with van der Waals surface area (Å²) in [6.45, 7) is 10.9. The van der Waals surface area contributed by atoms with E-state index in [2.05, 4.69) is 11.9 Å². The van der Waals surface area contributed by atoms with Crippen molar-refractivity contribution in [3.8, 4) is 0 Å². The van der Waals surface area contributed by atoms with Gasteiger partial charge in [0.2, 0.25) is 0 Å². The van der Waals surface area contributed by atoms with Gasteiger partial charge in [-0.1, -0.05) is 34.1 Å². The molecule has 0 unspecified atom stereocenters. The molecule has 1 aromatic heterocycles. The first-order valence-electron chi connectivity index (χ1n) is 12.7. The zero-order valence-corrected chi connectivity index (χ0v) is 22.2. The smallest absolute Gasteiger partial charge is 0.309 e. The van der Waals surface area contributed by atoms with Crippen molar-refractivity contribution in [2.45, 2.75) is 104 Å². The van der Waals surface area contributed by atoms with Crippen LogP contribution in [0.5, 0.6) is 0 Å². The van der Waals surface area contributed by atoms with Crippen molar-refractivity contribution in [2.24, 2.45) is 24.3 Å². The Morgan fingerprint density at radius 1 is 1.23 bits per heavy atom. The third-order valence-corrected chi connectivity index (χ3v) is 8.13.